The van der Waals surface area contributed by atoms with Crippen LogP contribution in [0.3, 0.4) is 0 Å². The summed E-state index contributed by atoms with van der Waals surface area (Å²) >= 11 is 0. The molecule has 5 heteroatoms. The molecule has 1 aliphatic rings. The highest BCUT2D eigenvalue weighted by Crippen LogP contribution is 2.27. The first-order valence-corrected chi connectivity index (χ1v) is 9.07. The lowest BCUT2D eigenvalue weighted by molar-refractivity contribution is 0.189. The minimum Gasteiger partial charge on any atom is -0.352 e. The van der Waals surface area contributed by atoms with E-state index in [0.29, 0.717) is 12.0 Å². The molecule has 2 atom stereocenters. The summed E-state index contributed by atoms with van der Waals surface area (Å²) in [7, 11) is 1.87. The number of piperidine rings is 1. The van der Waals surface area contributed by atoms with Gasteiger partial charge in [-0.2, -0.15) is 0 Å². The van der Waals surface area contributed by atoms with Crippen LogP contribution < -0.4 is 5.32 Å². The van der Waals surface area contributed by atoms with Crippen LogP contribution in [0.1, 0.15) is 36.1 Å². The number of guanidine groups is 1. The van der Waals surface area contributed by atoms with Gasteiger partial charge in [0, 0.05) is 39.1 Å². The highest BCUT2D eigenvalue weighted by molar-refractivity contribution is 5.80. The molecule has 2 unspecified atom stereocenters. The van der Waals surface area contributed by atoms with E-state index < -0.39 is 0 Å². The number of likely N-dealkylation sites (tertiary alicyclic amines) is 1. The van der Waals surface area contributed by atoms with Crippen molar-refractivity contribution in [2.75, 3.05) is 20.1 Å². The molecule has 0 bridgehead atoms. The van der Waals surface area contributed by atoms with Gasteiger partial charge in [0.2, 0.25) is 0 Å². The molecular formula is C20H29N5. The first kappa shape index (κ1) is 17.5. The smallest absolute Gasteiger partial charge is 0.193 e. The number of rotatable bonds is 3. The van der Waals surface area contributed by atoms with Gasteiger partial charge in [-0.3, -0.25) is 4.99 Å². The molecule has 1 aromatic carbocycles. The highest BCUT2D eigenvalue weighted by Gasteiger charge is 2.28. The second-order valence-electron chi connectivity index (χ2n) is 7.12. The molecule has 2 aromatic rings. The average molecular weight is 339 g/mol. The van der Waals surface area contributed by atoms with E-state index in [4.69, 9.17) is 0 Å². The van der Waals surface area contributed by atoms with E-state index in [0.717, 1.165) is 32.0 Å². The molecule has 1 saturated heterocycles. The van der Waals surface area contributed by atoms with Crippen molar-refractivity contribution >= 4 is 5.96 Å². The molecule has 0 spiro atoms. The van der Waals surface area contributed by atoms with E-state index in [1.54, 1.807) is 0 Å². The van der Waals surface area contributed by atoms with Crippen LogP contribution in [0.25, 0.3) is 0 Å². The number of hydrogen-bond acceptors (Lipinski definition) is 2. The van der Waals surface area contributed by atoms with Crippen molar-refractivity contribution in [2.45, 2.75) is 39.8 Å². The molecule has 1 N–H and O–H groups in total. The number of nitrogens with zero attached hydrogens (tertiary/aromatic N) is 4. The summed E-state index contributed by atoms with van der Waals surface area (Å²) in [6, 6.07) is 7.05. The van der Waals surface area contributed by atoms with Crippen LogP contribution in [0.15, 0.2) is 41.9 Å². The average Bonchev–Trinajstić information content (AvgIpc) is 3.12. The summed E-state index contributed by atoms with van der Waals surface area (Å²) in [5.74, 6) is 1.62. The zero-order chi connectivity index (χ0) is 17.8. The molecule has 5 nitrogen and oxygen atoms in total. The molecule has 1 fully saturated rings. The van der Waals surface area contributed by atoms with Gasteiger partial charge in [-0.1, -0.05) is 30.7 Å². The van der Waals surface area contributed by atoms with E-state index >= 15 is 0 Å². The summed E-state index contributed by atoms with van der Waals surface area (Å²) < 4.78 is 2.23. The number of nitrogens with one attached hydrogen (secondary N) is 1. The van der Waals surface area contributed by atoms with Crippen LogP contribution in [0.5, 0.6) is 0 Å². The third-order valence-corrected chi connectivity index (χ3v) is 5.27. The fraction of sp³-hybridized carbons (Fsp3) is 0.500. The monoisotopic (exact) mass is 339 g/mol. The highest BCUT2D eigenvalue weighted by atomic mass is 15.3. The minimum absolute atomic E-state index is 0.441. The number of aliphatic imine (C=N–C) groups is 1. The van der Waals surface area contributed by atoms with Crippen LogP contribution in [-0.4, -0.2) is 40.5 Å². The molecule has 0 aliphatic carbocycles. The Morgan fingerprint density at radius 1 is 1.36 bits per heavy atom. The molecular weight excluding hydrogens is 310 g/mol. The minimum atomic E-state index is 0.441. The predicted molar refractivity (Wildman–Crippen MR) is 103 cm³/mol. The fourth-order valence-corrected chi connectivity index (χ4v) is 3.65. The number of aryl methyl sites for hydroxylation is 2. The zero-order valence-corrected chi connectivity index (χ0v) is 15.7. The SMILES string of the molecule is CN=C(NCc1ccc(C)cc1C)N1CCC(C)C(n2ccnc2)C1. The lowest BCUT2D eigenvalue weighted by atomic mass is 9.93. The second-order valence-corrected chi connectivity index (χ2v) is 7.12. The van der Waals surface area contributed by atoms with Gasteiger partial charge < -0.3 is 14.8 Å². The molecule has 0 radical (unpaired) electrons. The lowest BCUT2D eigenvalue weighted by Crippen LogP contribution is -2.48. The van der Waals surface area contributed by atoms with E-state index in [9.17, 15) is 0 Å². The van der Waals surface area contributed by atoms with Gasteiger partial charge in [-0.05, 0) is 37.3 Å². The van der Waals surface area contributed by atoms with Gasteiger partial charge in [0.1, 0.15) is 0 Å². The molecule has 1 aliphatic heterocycles. The summed E-state index contributed by atoms with van der Waals surface area (Å²) in [6.45, 7) is 9.44. The van der Waals surface area contributed by atoms with E-state index in [2.05, 4.69) is 69.9 Å². The number of aromatic nitrogens is 2. The molecule has 2 heterocycles. The number of imidazole rings is 1. The zero-order valence-electron chi connectivity index (χ0n) is 15.7. The quantitative estimate of drug-likeness (QED) is 0.690. The molecule has 0 saturated carbocycles. The van der Waals surface area contributed by atoms with Crippen molar-refractivity contribution in [1.29, 1.82) is 0 Å². The molecule has 25 heavy (non-hydrogen) atoms. The Balaban J connectivity index is 1.66. The van der Waals surface area contributed by atoms with Gasteiger partial charge in [-0.25, -0.2) is 4.98 Å². The summed E-state index contributed by atoms with van der Waals surface area (Å²) in [4.78, 5) is 11.1. The largest absolute Gasteiger partial charge is 0.352 e. The molecule has 3 rings (SSSR count). The Kier molecular flexibility index (Phi) is 5.41. The molecule has 1 aromatic heterocycles. The van der Waals surface area contributed by atoms with Gasteiger partial charge in [0.15, 0.2) is 5.96 Å². The normalized spacial score (nSPS) is 21.4. The van der Waals surface area contributed by atoms with Gasteiger partial charge in [-0.15, -0.1) is 0 Å². The standard InChI is InChI=1S/C20H29N5/c1-15-5-6-18(17(3)11-15)12-23-20(21-4)24-9-7-16(2)19(13-24)25-10-8-22-14-25/h5-6,8,10-11,14,16,19H,7,9,12-13H2,1-4H3,(H,21,23). The predicted octanol–water partition coefficient (Wildman–Crippen LogP) is 3.16. The van der Waals surface area contributed by atoms with Crippen LogP contribution in [0.2, 0.25) is 0 Å². The maximum absolute atomic E-state index is 4.52. The number of benzene rings is 1. The Morgan fingerprint density at radius 2 is 2.20 bits per heavy atom. The Hall–Kier alpha value is -2.30. The van der Waals surface area contributed by atoms with Crippen molar-refractivity contribution in [3.63, 3.8) is 0 Å². The Bertz CT molecular complexity index is 720. The first-order chi connectivity index (χ1) is 12.1. The van der Waals surface area contributed by atoms with Gasteiger partial charge in [0.25, 0.3) is 0 Å². The van der Waals surface area contributed by atoms with Crippen molar-refractivity contribution in [2.24, 2.45) is 10.9 Å². The molecule has 134 valence electrons. The van der Waals surface area contributed by atoms with Crippen molar-refractivity contribution < 1.29 is 0 Å². The fourth-order valence-electron chi connectivity index (χ4n) is 3.65. The van der Waals surface area contributed by atoms with Crippen molar-refractivity contribution in [3.05, 3.63) is 53.6 Å². The summed E-state index contributed by atoms with van der Waals surface area (Å²) in [5.41, 5.74) is 3.95. The topological polar surface area (TPSA) is 45.5 Å². The summed E-state index contributed by atoms with van der Waals surface area (Å²) in [6.07, 6.45) is 7.01. The van der Waals surface area contributed by atoms with Crippen LogP contribution in [0, 0.1) is 19.8 Å². The summed E-state index contributed by atoms with van der Waals surface area (Å²) in [5, 5.41) is 3.55. The van der Waals surface area contributed by atoms with E-state index in [1.807, 2.05) is 19.6 Å². The Labute approximate surface area is 150 Å². The third kappa shape index (κ3) is 4.03. The van der Waals surface area contributed by atoms with Crippen molar-refractivity contribution in [1.82, 2.24) is 19.8 Å². The maximum Gasteiger partial charge on any atom is 0.193 e. The second kappa shape index (κ2) is 7.72. The van der Waals surface area contributed by atoms with E-state index in [1.165, 1.54) is 16.7 Å². The van der Waals surface area contributed by atoms with Gasteiger partial charge >= 0.3 is 0 Å². The van der Waals surface area contributed by atoms with Crippen LogP contribution >= 0.6 is 0 Å². The maximum atomic E-state index is 4.52. The number of hydrogen-bond donors (Lipinski definition) is 1. The van der Waals surface area contributed by atoms with Crippen LogP contribution in [0.4, 0.5) is 0 Å². The lowest BCUT2D eigenvalue weighted by Gasteiger charge is -2.39. The third-order valence-electron chi connectivity index (χ3n) is 5.27. The van der Waals surface area contributed by atoms with Gasteiger partial charge in [0.05, 0.1) is 12.4 Å². The molecule has 0 amide bonds. The Morgan fingerprint density at radius 3 is 2.88 bits per heavy atom. The first-order valence-electron chi connectivity index (χ1n) is 9.07. The van der Waals surface area contributed by atoms with E-state index in [-0.39, 0.29) is 0 Å². The van der Waals surface area contributed by atoms with Crippen molar-refractivity contribution in [3.8, 4) is 0 Å². The van der Waals surface area contributed by atoms with Crippen LogP contribution in [-0.2, 0) is 6.54 Å².